The van der Waals surface area contributed by atoms with Gasteiger partial charge in [-0.3, -0.25) is 18.8 Å². The molecule has 0 aliphatic carbocycles. The highest BCUT2D eigenvalue weighted by Crippen LogP contribution is 2.45. The van der Waals surface area contributed by atoms with Gasteiger partial charge in [0.2, 0.25) is 0 Å². The lowest BCUT2D eigenvalue weighted by Crippen LogP contribution is -2.33. The Labute approximate surface area is 244 Å². The van der Waals surface area contributed by atoms with Crippen LogP contribution in [0.2, 0.25) is 0 Å². The number of imidazole rings is 1. The molecule has 3 heterocycles. The van der Waals surface area contributed by atoms with Gasteiger partial charge in [0.05, 0.1) is 12.9 Å². The minimum absolute atomic E-state index is 0.105. The van der Waals surface area contributed by atoms with Crippen molar-refractivity contribution in [3.8, 4) is 0 Å². The second kappa shape index (κ2) is 17.1. The van der Waals surface area contributed by atoms with Crippen LogP contribution in [0.1, 0.15) is 112 Å². The first-order valence-electron chi connectivity index (χ1n) is 15.6. The smallest absolute Gasteiger partial charge is 0.387 e. The van der Waals surface area contributed by atoms with E-state index in [1.165, 1.54) is 68.6 Å². The summed E-state index contributed by atoms with van der Waals surface area (Å²) >= 11 is 0. The number of unbranched alkanes of at least 4 members (excludes halogenated alkanes) is 12. The molecule has 2 aromatic heterocycles. The summed E-state index contributed by atoms with van der Waals surface area (Å²) in [6.45, 7) is 1.48. The minimum atomic E-state index is -5.06. The lowest BCUT2D eigenvalue weighted by Gasteiger charge is -2.17. The zero-order chi connectivity index (χ0) is 31.5. The van der Waals surface area contributed by atoms with Crippen LogP contribution in [0.25, 0.3) is 11.2 Å². The number of anilines is 1. The Kier molecular flexibility index (Phi) is 12.6. The number of nitrogen functional groups attached to an aromatic ring is 1. The quantitative estimate of drug-likeness (QED) is 0.122. The summed E-state index contributed by atoms with van der Waals surface area (Å²) in [5, 5.41) is 20.9. The maximum absolute atomic E-state index is 12.4. The van der Waals surface area contributed by atoms with Crippen molar-refractivity contribution in [3.63, 3.8) is 0 Å². The summed E-state index contributed by atoms with van der Waals surface area (Å²) < 4.78 is 44.6. The number of aromatic nitrogens is 4. The first-order valence-corrected chi connectivity index (χ1v) is 16.1. The zero-order valence-corrected chi connectivity index (χ0v) is 24.7. The molecule has 1 saturated heterocycles. The Morgan fingerprint density at radius 3 is 2.20 bits per heavy atom. The van der Waals surface area contributed by atoms with Crippen LogP contribution in [0.5, 0.6) is 0 Å². The van der Waals surface area contributed by atoms with Crippen molar-refractivity contribution in [1.82, 2.24) is 19.5 Å². The number of aliphatic hydroxyl groups excluding tert-OH is 2. The zero-order valence-electron chi connectivity index (χ0n) is 25.8. The molecule has 0 saturated carbocycles. The molecule has 0 aromatic carbocycles. The normalized spacial score (nSPS) is 23.3. The van der Waals surface area contributed by atoms with Gasteiger partial charge in [0, 0.05) is 9.11 Å². The molecule has 1 fully saturated rings. The summed E-state index contributed by atoms with van der Waals surface area (Å²) in [6, 6.07) is 0. The van der Waals surface area contributed by atoms with Crippen LogP contribution in [0.3, 0.4) is 0 Å². The molecule has 1 unspecified atom stereocenters. The van der Waals surface area contributed by atoms with E-state index in [0.29, 0.717) is 6.42 Å². The van der Waals surface area contributed by atoms with E-state index >= 15 is 0 Å². The van der Waals surface area contributed by atoms with E-state index < -0.39 is 51.3 Å². The Morgan fingerprint density at radius 1 is 1.00 bits per heavy atom. The Balaban J connectivity index is 1.35. The topological polar surface area (TPSA) is 192 Å². The van der Waals surface area contributed by atoms with Gasteiger partial charge in [-0.1, -0.05) is 90.4 Å². The Morgan fingerprint density at radius 2 is 1.59 bits per heavy atom. The number of aliphatic hydroxyl groups is 2. The fourth-order valence-electron chi connectivity index (χ4n) is 4.82. The molecule has 232 valence electrons. The van der Waals surface area contributed by atoms with Crippen molar-refractivity contribution in [3.05, 3.63) is 12.7 Å². The van der Waals surface area contributed by atoms with E-state index in [1.54, 1.807) is 0 Å². The average molecular weight is 602 g/mol. The number of phosphoric acid groups is 1. The van der Waals surface area contributed by atoms with E-state index in [1.807, 2.05) is 0 Å². The molecule has 1 aliphatic heterocycles. The van der Waals surface area contributed by atoms with Gasteiger partial charge in [-0.05, 0) is 6.42 Å². The molecular formula is C27H46N5O8P. The standard InChI is InChI=1S/C27H46N5O8P/c1-2-3-4-5-6-7-8-9-10-11-12-13-14-15-16-21(33)40-41(36,37)38-17-20-23(34)24(35)27(39-20)32-19-31-22-25(28)29-18-30-26(22)32/h18-20,23-24,27,34-35H,2-17H2,1H3,(H,36,37)(H2,28,29,30)/t20-,23-,24-,27-/m1/s1/i16D2. The first kappa shape index (κ1) is 30.3. The van der Waals surface area contributed by atoms with Gasteiger partial charge < -0.3 is 25.2 Å². The average Bonchev–Trinajstić information content (AvgIpc) is 3.51. The van der Waals surface area contributed by atoms with E-state index in [-0.39, 0.29) is 23.4 Å². The van der Waals surface area contributed by atoms with Gasteiger partial charge in [0.1, 0.15) is 30.2 Å². The lowest BCUT2D eigenvalue weighted by molar-refractivity contribution is -0.136. The van der Waals surface area contributed by atoms with E-state index in [9.17, 15) is 24.5 Å². The molecule has 0 spiro atoms. The lowest BCUT2D eigenvalue weighted by atomic mass is 10.0. The molecule has 3 rings (SSSR count). The van der Waals surface area contributed by atoms with E-state index in [0.717, 1.165) is 25.7 Å². The van der Waals surface area contributed by atoms with Crippen molar-refractivity contribution < 1.29 is 41.0 Å². The third kappa shape index (κ3) is 10.6. The number of hydrogen-bond donors (Lipinski definition) is 4. The number of carbonyl (C=O) groups excluding carboxylic acids is 1. The van der Waals surface area contributed by atoms with Gasteiger partial charge in [0.25, 0.3) is 0 Å². The summed E-state index contributed by atoms with van der Waals surface area (Å²) in [4.78, 5) is 34.4. The summed E-state index contributed by atoms with van der Waals surface area (Å²) in [5.41, 5.74) is 6.27. The molecule has 2 aromatic rings. The van der Waals surface area contributed by atoms with Gasteiger partial charge in [0.15, 0.2) is 17.7 Å². The highest BCUT2D eigenvalue weighted by atomic mass is 31.2. The SMILES string of the molecule is [2H]C([2H])(CCCCCCCCCCCCCCC)C(=O)OP(=O)(O)OC[C@H]1O[C@@H](n2cnc3c(N)ncnc32)[C@H](O)[C@@H]1O. The minimum Gasteiger partial charge on any atom is -0.387 e. The molecule has 5 atom stereocenters. The van der Waals surface area contributed by atoms with Crippen molar-refractivity contribution >= 4 is 30.8 Å². The van der Waals surface area contributed by atoms with E-state index in [4.69, 9.17) is 17.7 Å². The van der Waals surface area contributed by atoms with Crippen LogP contribution in [0.15, 0.2) is 12.7 Å². The number of carbonyl (C=O) groups is 1. The second-order valence-corrected chi connectivity index (χ2v) is 11.8. The highest BCUT2D eigenvalue weighted by Gasteiger charge is 2.45. The van der Waals surface area contributed by atoms with Crippen LogP contribution >= 0.6 is 7.82 Å². The summed E-state index contributed by atoms with van der Waals surface area (Å²) in [7, 11) is -5.06. The molecule has 13 nitrogen and oxygen atoms in total. The molecule has 0 bridgehead atoms. The number of rotatable bonds is 20. The second-order valence-electron chi connectivity index (χ2n) is 10.4. The largest absolute Gasteiger partial charge is 0.529 e. The third-order valence-corrected chi connectivity index (χ3v) is 8.02. The third-order valence-electron chi connectivity index (χ3n) is 7.15. The van der Waals surface area contributed by atoms with Gasteiger partial charge in [-0.15, -0.1) is 0 Å². The van der Waals surface area contributed by atoms with Crippen LogP contribution in [0.4, 0.5) is 5.82 Å². The van der Waals surface area contributed by atoms with E-state index in [2.05, 4.69) is 26.4 Å². The fraction of sp³-hybridized carbons (Fsp3) is 0.778. The highest BCUT2D eigenvalue weighted by molar-refractivity contribution is 7.48. The predicted molar refractivity (Wildman–Crippen MR) is 152 cm³/mol. The van der Waals surface area contributed by atoms with Gasteiger partial charge in [-0.2, -0.15) is 0 Å². The number of ether oxygens (including phenoxy) is 1. The molecule has 41 heavy (non-hydrogen) atoms. The molecule has 0 amide bonds. The Hall–Kier alpha value is -2.15. The van der Waals surface area contributed by atoms with Crippen LogP contribution in [-0.4, -0.2) is 65.5 Å². The molecule has 0 radical (unpaired) electrons. The monoisotopic (exact) mass is 601 g/mol. The first-order chi connectivity index (χ1) is 20.5. The summed E-state index contributed by atoms with van der Waals surface area (Å²) in [5.74, 6) is -1.40. The van der Waals surface area contributed by atoms with Crippen LogP contribution in [0, 0.1) is 0 Å². The van der Waals surface area contributed by atoms with Crippen LogP contribution in [-0.2, 0) is 23.1 Å². The predicted octanol–water partition coefficient (Wildman–Crippen LogP) is 4.56. The van der Waals surface area contributed by atoms with Crippen molar-refractivity contribution in [2.75, 3.05) is 12.3 Å². The van der Waals surface area contributed by atoms with Crippen molar-refractivity contribution in [2.45, 2.75) is 128 Å². The van der Waals surface area contributed by atoms with Crippen molar-refractivity contribution in [2.24, 2.45) is 0 Å². The van der Waals surface area contributed by atoms with Crippen molar-refractivity contribution in [1.29, 1.82) is 0 Å². The maximum atomic E-state index is 12.4. The number of nitrogens with zero attached hydrogens (tertiary/aromatic N) is 4. The molecule has 5 N–H and O–H groups in total. The van der Waals surface area contributed by atoms with Gasteiger partial charge >= 0.3 is 13.8 Å². The van der Waals surface area contributed by atoms with Crippen LogP contribution < -0.4 is 5.73 Å². The fourth-order valence-corrected chi connectivity index (χ4v) is 5.48. The molecule has 14 heteroatoms. The summed E-state index contributed by atoms with van der Waals surface area (Å²) in [6.07, 6.45) is 8.84. The number of hydrogen-bond acceptors (Lipinski definition) is 11. The molecule has 1 aliphatic rings. The number of fused-ring (bicyclic) bond motifs is 1. The number of nitrogens with two attached hydrogens (primary N) is 1. The molecular weight excluding hydrogens is 553 g/mol. The maximum Gasteiger partial charge on any atom is 0.529 e. The Bertz CT molecular complexity index is 1210. The number of phosphoric ester groups is 1. The van der Waals surface area contributed by atoms with Gasteiger partial charge in [-0.25, -0.2) is 19.5 Å².